The third-order valence-electron chi connectivity index (χ3n) is 3.38. The molecule has 0 aliphatic heterocycles. The van der Waals surface area contributed by atoms with Crippen molar-refractivity contribution in [1.82, 2.24) is 4.90 Å². The fraction of sp³-hybridized carbons (Fsp3) is 0.909. The van der Waals surface area contributed by atoms with E-state index in [2.05, 4.69) is 17.0 Å². The SMILES string of the molecule is CCN(CC(C)/C(N)=N/O)C1CCCC1. The third kappa shape index (κ3) is 3.38. The van der Waals surface area contributed by atoms with Gasteiger partial charge in [-0.1, -0.05) is 31.8 Å². The van der Waals surface area contributed by atoms with Crippen molar-refractivity contribution in [2.75, 3.05) is 13.1 Å². The normalized spacial score (nSPS) is 21.1. The van der Waals surface area contributed by atoms with E-state index in [0.717, 1.165) is 13.1 Å². The summed E-state index contributed by atoms with van der Waals surface area (Å²) in [5.74, 6) is 0.474. The fourth-order valence-electron chi connectivity index (χ4n) is 2.35. The molecule has 4 heteroatoms. The van der Waals surface area contributed by atoms with Gasteiger partial charge in [-0.05, 0) is 19.4 Å². The minimum Gasteiger partial charge on any atom is -0.409 e. The molecule has 1 saturated carbocycles. The highest BCUT2D eigenvalue weighted by atomic mass is 16.4. The number of hydrogen-bond donors (Lipinski definition) is 2. The Morgan fingerprint density at radius 3 is 2.60 bits per heavy atom. The zero-order valence-electron chi connectivity index (χ0n) is 9.82. The quantitative estimate of drug-likeness (QED) is 0.316. The van der Waals surface area contributed by atoms with Gasteiger partial charge in [0.05, 0.1) is 0 Å². The largest absolute Gasteiger partial charge is 0.409 e. The molecule has 0 bridgehead atoms. The molecule has 1 aliphatic rings. The van der Waals surface area contributed by atoms with E-state index in [1.54, 1.807) is 0 Å². The van der Waals surface area contributed by atoms with Gasteiger partial charge in [0.15, 0.2) is 0 Å². The van der Waals surface area contributed by atoms with Crippen LogP contribution < -0.4 is 5.73 Å². The topological polar surface area (TPSA) is 61.8 Å². The van der Waals surface area contributed by atoms with E-state index in [0.29, 0.717) is 11.9 Å². The van der Waals surface area contributed by atoms with Crippen molar-refractivity contribution in [2.24, 2.45) is 16.8 Å². The lowest BCUT2D eigenvalue weighted by molar-refractivity contribution is 0.195. The molecule has 1 atom stereocenters. The van der Waals surface area contributed by atoms with E-state index in [-0.39, 0.29) is 5.92 Å². The van der Waals surface area contributed by atoms with Crippen LogP contribution in [-0.2, 0) is 0 Å². The lowest BCUT2D eigenvalue weighted by atomic mass is 10.1. The van der Waals surface area contributed by atoms with Crippen molar-refractivity contribution in [3.05, 3.63) is 0 Å². The van der Waals surface area contributed by atoms with Crippen molar-refractivity contribution in [2.45, 2.75) is 45.6 Å². The van der Waals surface area contributed by atoms with Crippen LogP contribution in [0.15, 0.2) is 5.16 Å². The number of hydrogen-bond acceptors (Lipinski definition) is 3. The van der Waals surface area contributed by atoms with Gasteiger partial charge in [-0.2, -0.15) is 0 Å². The van der Waals surface area contributed by atoms with Gasteiger partial charge in [-0.15, -0.1) is 0 Å². The van der Waals surface area contributed by atoms with Crippen LogP contribution in [-0.4, -0.2) is 35.1 Å². The van der Waals surface area contributed by atoms with Crippen LogP contribution in [0.1, 0.15) is 39.5 Å². The highest BCUT2D eigenvalue weighted by Gasteiger charge is 2.23. The number of nitrogens with two attached hydrogens (primary N) is 1. The predicted octanol–water partition coefficient (Wildman–Crippen LogP) is 1.63. The molecule has 1 rings (SSSR count). The van der Waals surface area contributed by atoms with Crippen LogP contribution in [0, 0.1) is 5.92 Å². The van der Waals surface area contributed by atoms with Crippen molar-refractivity contribution in [3.8, 4) is 0 Å². The summed E-state index contributed by atoms with van der Waals surface area (Å²) >= 11 is 0. The second-order valence-electron chi connectivity index (χ2n) is 4.45. The number of oxime groups is 1. The summed E-state index contributed by atoms with van der Waals surface area (Å²) in [7, 11) is 0. The molecule has 0 radical (unpaired) electrons. The molecular formula is C11H23N3O. The van der Waals surface area contributed by atoms with Crippen molar-refractivity contribution in [1.29, 1.82) is 0 Å². The molecule has 0 aromatic rings. The minimum atomic E-state index is 0.135. The summed E-state index contributed by atoms with van der Waals surface area (Å²) < 4.78 is 0. The molecule has 0 amide bonds. The smallest absolute Gasteiger partial charge is 0.143 e. The lowest BCUT2D eigenvalue weighted by Crippen LogP contribution is -2.40. The molecule has 0 aromatic carbocycles. The first-order valence-electron chi connectivity index (χ1n) is 5.90. The summed E-state index contributed by atoms with van der Waals surface area (Å²) in [5, 5.41) is 11.7. The van der Waals surface area contributed by atoms with Gasteiger partial charge in [-0.25, -0.2) is 0 Å². The molecule has 1 unspecified atom stereocenters. The first-order valence-corrected chi connectivity index (χ1v) is 5.90. The first kappa shape index (κ1) is 12.3. The van der Waals surface area contributed by atoms with E-state index >= 15 is 0 Å². The second-order valence-corrected chi connectivity index (χ2v) is 4.45. The van der Waals surface area contributed by atoms with Gasteiger partial charge in [0, 0.05) is 18.5 Å². The van der Waals surface area contributed by atoms with Crippen LogP contribution >= 0.6 is 0 Å². The lowest BCUT2D eigenvalue weighted by Gasteiger charge is -2.29. The summed E-state index contributed by atoms with van der Waals surface area (Å²) in [6, 6.07) is 0.712. The molecular weight excluding hydrogens is 190 g/mol. The molecule has 0 saturated heterocycles. The molecule has 15 heavy (non-hydrogen) atoms. The Morgan fingerprint density at radius 1 is 1.53 bits per heavy atom. The highest BCUT2D eigenvalue weighted by molar-refractivity contribution is 5.82. The highest BCUT2D eigenvalue weighted by Crippen LogP contribution is 2.23. The molecule has 4 nitrogen and oxygen atoms in total. The Bertz CT molecular complexity index is 212. The van der Waals surface area contributed by atoms with Crippen LogP contribution in [0.3, 0.4) is 0 Å². The number of nitrogens with zero attached hydrogens (tertiary/aromatic N) is 2. The monoisotopic (exact) mass is 213 g/mol. The summed E-state index contributed by atoms with van der Waals surface area (Å²) in [6.07, 6.45) is 5.30. The van der Waals surface area contributed by atoms with Crippen LogP contribution in [0.2, 0.25) is 0 Å². The van der Waals surface area contributed by atoms with Gasteiger partial charge in [0.25, 0.3) is 0 Å². The Balaban J connectivity index is 2.45. The standard InChI is InChI=1S/C11H23N3O/c1-3-14(10-6-4-5-7-10)8-9(2)11(12)13-15/h9-10,15H,3-8H2,1-2H3,(H2,12,13). The van der Waals surface area contributed by atoms with Crippen molar-refractivity contribution in [3.63, 3.8) is 0 Å². The maximum absolute atomic E-state index is 8.60. The summed E-state index contributed by atoms with van der Waals surface area (Å²) in [4.78, 5) is 2.45. The maximum atomic E-state index is 8.60. The number of rotatable bonds is 5. The Kier molecular flexibility index (Phi) is 4.88. The van der Waals surface area contributed by atoms with Crippen LogP contribution in [0.4, 0.5) is 0 Å². The van der Waals surface area contributed by atoms with Gasteiger partial charge in [0.1, 0.15) is 5.84 Å². The first-order chi connectivity index (χ1) is 7.19. The predicted molar refractivity (Wildman–Crippen MR) is 62.1 cm³/mol. The molecule has 1 fully saturated rings. The van der Waals surface area contributed by atoms with Crippen molar-refractivity contribution >= 4 is 5.84 Å². The molecule has 1 aliphatic carbocycles. The maximum Gasteiger partial charge on any atom is 0.143 e. The van der Waals surface area contributed by atoms with E-state index in [4.69, 9.17) is 10.9 Å². The zero-order valence-corrected chi connectivity index (χ0v) is 9.82. The average Bonchev–Trinajstić information content (AvgIpc) is 2.77. The van der Waals surface area contributed by atoms with Gasteiger partial charge < -0.3 is 10.9 Å². The summed E-state index contributed by atoms with van der Waals surface area (Å²) in [6.45, 7) is 6.13. The van der Waals surface area contributed by atoms with E-state index in [1.165, 1.54) is 25.7 Å². The molecule has 3 N–H and O–H groups in total. The molecule has 88 valence electrons. The zero-order chi connectivity index (χ0) is 11.3. The average molecular weight is 213 g/mol. The Hall–Kier alpha value is -0.770. The molecule has 0 aromatic heterocycles. The number of amidine groups is 1. The molecule has 0 heterocycles. The van der Waals surface area contributed by atoms with Crippen LogP contribution in [0.25, 0.3) is 0 Å². The van der Waals surface area contributed by atoms with E-state index in [9.17, 15) is 0 Å². The minimum absolute atomic E-state index is 0.135. The summed E-state index contributed by atoms with van der Waals surface area (Å²) in [5.41, 5.74) is 5.59. The van der Waals surface area contributed by atoms with Crippen molar-refractivity contribution < 1.29 is 5.21 Å². The Morgan fingerprint density at radius 2 is 2.13 bits per heavy atom. The third-order valence-corrected chi connectivity index (χ3v) is 3.38. The Labute approximate surface area is 92.1 Å². The fourth-order valence-corrected chi connectivity index (χ4v) is 2.35. The van der Waals surface area contributed by atoms with E-state index in [1.807, 2.05) is 6.92 Å². The van der Waals surface area contributed by atoms with Gasteiger partial charge >= 0.3 is 0 Å². The van der Waals surface area contributed by atoms with Gasteiger partial charge in [-0.3, -0.25) is 4.90 Å². The van der Waals surface area contributed by atoms with Crippen LogP contribution in [0.5, 0.6) is 0 Å². The van der Waals surface area contributed by atoms with Gasteiger partial charge in [0.2, 0.25) is 0 Å². The second kappa shape index (κ2) is 5.95. The van der Waals surface area contributed by atoms with E-state index < -0.39 is 0 Å². The molecule has 0 spiro atoms.